The highest BCUT2D eigenvalue weighted by molar-refractivity contribution is 5.67. The molecule has 1 saturated carbocycles. The zero-order valence-electron chi connectivity index (χ0n) is 16.7. The van der Waals surface area contributed by atoms with E-state index in [0.717, 1.165) is 23.9 Å². The normalized spacial score (nSPS) is 26.2. The molecule has 0 spiro atoms. The summed E-state index contributed by atoms with van der Waals surface area (Å²) in [5.74, 6) is 1.67. The number of carbonyl (C=O) groups is 1. The second-order valence-electron chi connectivity index (χ2n) is 8.24. The van der Waals surface area contributed by atoms with Gasteiger partial charge in [0.25, 0.3) is 0 Å². The molecule has 1 N–H and O–H groups in total. The first-order valence-corrected chi connectivity index (χ1v) is 10.4. The molecule has 1 amide bonds. The standard InChI is InChI=1S/C22H34N2O3/c1-17(2)19-8-10-20(11-9-19)23-14-21-15-24(12-13-26-21)22(25)27-16-18-6-4-3-5-7-18/h3-7,17,19-21,23H,8-16H2,1-2H3. The van der Waals surface area contributed by atoms with Crippen LogP contribution < -0.4 is 5.32 Å². The van der Waals surface area contributed by atoms with Crippen LogP contribution in [0.5, 0.6) is 0 Å². The third-order valence-corrected chi connectivity index (χ3v) is 5.95. The van der Waals surface area contributed by atoms with Gasteiger partial charge in [0.1, 0.15) is 6.61 Å². The summed E-state index contributed by atoms with van der Waals surface area (Å²) >= 11 is 0. The molecule has 0 bridgehead atoms. The van der Waals surface area contributed by atoms with Gasteiger partial charge in [-0.2, -0.15) is 0 Å². The van der Waals surface area contributed by atoms with E-state index >= 15 is 0 Å². The molecule has 1 aromatic carbocycles. The molecule has 5 nitrogen and oxygen atoms in total. The summed E-state index contributed by atoms with van der Waals surface area (Å²) in [6.07, 6.45) is 4.93. The van der Waals surface area contributed by atoms with Crippen molar-refractivity contribution in [3.8, 4) is 0 Å². The van der Waals surface area contributed by atoms with Crippen LogP contribution >= 0.6 is 0 Å². The van der Waals surface area contributed by atoms with Crippen molar-refractivity contribution in [2.24, 2.45) is 11.8 Å². The van der Waals surface area contributed by atoms with E-state index in [0.29, 0.717) is 32.3 Å². The van der Waals surface area contributed by atoms with Crippen molar-refractivity contribution < 1.29 is 14.3 Å². The van der Waals surface area contributed by atoms with Crippen molar-refractivity contribution in [3.63, 3.8) is 0 Å². The van der Waals surface area contributed by atoms with Gasteiger partial charge in [0.2, 0.25) is 0 Å². The average Bonchev–Trinajstić information content (AvgIpc) is 2.71. The van der Waals surface area contributed by atoms with Crippen LogP contribution in [0.25, 0.3) is 0 Å². The monoisotopic (exact) mass is 374 g/mol. The Morgan fingerprint density at radius 3 is 2.67 bits per heavy atom. The Labute approximate surface area is 163 Å². The predicted octanol–water partition coefficient (Wildman–Crippen LogP) is 3.83. The maximum atomic E-state index is 12.4. The van der Waals surface area contributed by atoms with Gasteiger partial charge in [0.05, 0.1) is 19.3 Å². The van der Waals surface area contributed by atoms with Gasteiger partial charge in [-0.25, -0.2) is 4.79 Å². The van der Waals surface area contributed by atoms with Crippen molar-refractivity contribution in [1.82, 2.24) is 10.2 Å². The van der Waals surface area contributed by atoms with Gasteiger partial charge in [-0.05, 0) is 43.1 Å². The Hall–Kier alpha value is -1.59. The van der Waals surface area contributed by atoms with E-state index in [1.54, 1.807) is 4.90 Å². The number of morpholine rings is 1. The quantitative estimate of drug-likeness (QED) is 0.822. The topological polar surface area (TPSA) is 50.8 Å². The second kappa shape index (κ2) is 10.1. The SMILES string of the molecule is CC(C)C1CCC(NCC2CN(C(=O)OCc3ccccc3)CCO2)CC1. The lowest BCUT2D eigenvalue weighted by Gasteiger charge is -2.35. The van der Waals surface area contributed by atoms with E-state index in [1.165, 1.54) is 25.7 Å². The van der Waals surface area contributed by atoms with Gasteiger partial charge in [-0.3, -0.25) is 0 Å². The van der Waals surface area contributed by atoms with Crippen LogP contribution in [0, 0.1) is 11.8 Å². The second-order valence-corrected chi connectivity index (χ2v) is 8.24. The van der Waals surface area contributed by atoms with E-state index in [4.69, 9.17) is 9.47 Å². The minimum Gasteiger partial charge on any atom is -0.445 e. The maximum absolute atomic E-state index is 12.4. The first kappa shape index (κ1) is 20.2. The summed E-state index contributed by atoms with van der Waals surface area (Å²) in [5, 5.41) is 3.66. The molecule has 1 aliphatic carbocycles. The molecule has 1 heterocycles. The Morgan fingerprint density at radius 2 is 1.96 bits per heavy atom. The number of hydrogen-bond acceptors (Lipinski definition) is 4. The first-order chi connectivity index (χ1) is 13.1. The summed E-state index contributed by atoms with van der Waals surface area (Å²) in [5.41, 5.74) is 1.01. The van der Waals surface area contributed by atoms with Gasteiger partial charge in [-0.15, -0.1) is 0 Å². The van der Waals surface area contributed by atoms with E-state index in [1.807, 2.05) is 30.3 Å². The highest BCUT2D eigenvalue weighted by atomic mass is 16.6. The van der Waals surface area contributed by atoms with E-state index in [-0.39, 0.29) is 12.2 Å². The maximum Gasteiger partial charge on any atom is 0.410 e. The molecule has 0 radical (unpaired) electrons. The molecular formula is C22H34N2O3. The largest absolute Gasteiger partial charge is 0.445 e. The van der Waals surface area contributed by atoms with Crippen molar-refractivity contribution in [3.05, 3.63) is 35.9 Å². The molecule has 2 fully saturated rings. The number of benzene rings is 1. The van der Waals surface area contributed by atoms with Crippen molar-refractivity contribution in [2.75, 3.05) is 26.2 Å². The molecular weight excluding hydrogens is 340 g/mol. The first-order valence-electron chi connectivity index (χ1n) is 10.4. The number of carbonyl (C=O) groups excluding carboxylic acids is 1. The molecule has 1 aromatic rings. The van der Waals surface area contributed by atoms with E-state index < -0.39 is 0 Å². The fraction of sp³-hybridized carbons (Fsp3) is 0.682. The number of hydrogen-bond donors (Lipinski definition) is 1. The zero-order valence-corrected chi connectivity index (χ0v) is 16.7. The molecule has 0 aromatic heterocycles. The third kappa shape index (κ3) is 6.22. The lowest BCUT2D eigenvalue weighted by molar-refractivity contribution is -0.0285. The van der Waals surface area contributed by atoms with E-state index in [9.17, 15) is 4.79 Å². The molecule has 2 aliphatic rings. The highest BCUT2D eigenvalue weighted by Gasteiger charge is 2.27. The summed E-state index contributed by atoms with van der Waals surface area (Å²) in [7, 11) is 0. The number of amides is 1. The number of rotatable bonds is 6. The summed E-state index contributed by atoms with van der Waals surface area (Å²) in [6.45, 7) is 7.57. The summed E-state index contributed by atoms with van der Waals surface area (Å²) < 4.78 is 11.3. The fourth-order valence-electron chi connectivity index (χ4n) is 4.11. The number of nitrogens with zero attached hydrogens (tertiary/aromatic N) is 1. The molecule has 27 heavy (non-hydrogen) atoms. The molecule has 1 atom stereocenters. The van der Waals surface area contributed by atoms with Crippen molar-refractivity contribution in [1.29, 1.82) is 0 Å². The Morgan fingerprint density at radius 1 is 1.22 bits per heavy atom. The van der Waals surface area contributed by atoms with Gasteiger partial charge >= 0.3 is 6.09 Å². The van der Waals surface area contributed by atoms with Crippen LogP contribution in [-0.4, -0.2) is 49.4 Å². The summed E-state index contributed by atoms with van der Waals surface area (Å²) in [6, 6.07) is 10.4. The highest BCUT2D eigenvalue weighted by Crippen LogP contribution is 2.29. The lowest BCUT2D eigenvalue weighted by atomic mass is 9.80. The molecule has 150 valence electrons. The van der Waals surface area contributed by atoms with Crippen LogP contribution in [0.4, 0.5) is 4.79 Å². The Kier molecular flexibility index (Phi) is 7.53. The third-order valence-electron chi connectivity index (χ3n) is 5.95. The van der Waals surface area contributed by atoms with Gasteiger partial charge in [0, 0.05) is 19.1 Å². The number of nitrogens with one attached hydrogen (secondary N) is 1. The Bertz CT molecular complexity index is 570. The number of ether oxygens (including phenoxy) is 2. The lowest BCUT2D eigenvalue weighted by Crippen LogP contribution is -2.50. The van der Waals surface area contributed by atoms with Crippen molar-refractivity contribution in [2.45, 2.75) is 58.3 Å². The van der Waals surface area contributed by atoms with Gasteiger partial charge in [0.15, 0.2) is 0 Å². The van der Waals surface area contributed by atoms with Crippen molar-refractivity contribution >= 4 is 6.09 Å². The average molecular weight is 375 g/mol. The van der Waals surface area contributed by atoms with Gasteiger partial charge < -0.3 is 19.7 Å². The van der Waals surface area contributed by atoms with E-state index in [2.05, 4.69) is 19.2 Å². The van der Waals surface area contributed by atoms with Crippen LogP contribution in [0.2, 0.25) is 0 Å². The predicted molar refractivity (Wildman–Crippen MR) is 107 cm³/mol. The molecule has 1 aliphatic heterocycles. The van der Waals surface area contributed by atoms with Gasteiger partial charge in [-0.1, -0.05) is 44.2 Å². The molecule has 1 saturated heterocycles. The van der Waals surface area contributed by atoms with Crippen LogP contribution in [0.15, 0.2) is 30.3 Å². The molecule has 5 heteroatoms. The molecule has 1 unspecified atom stereocenters. The van der Waals surface area contributed by atoms with Crippen LogP contribution in [-0.2, 0) is 16.1 Å². The van der Waals surface area contributed by atoms with Crippen LogP contribution in [0.1, 0.15) is 45.1 Å². The van der Waals surface area contributed by atoms with Crippen LogP contribution in [0.3, 0.4) is 0 Å². The minimum absolute atomic E-state index is 0.0471. The fourth-order valence-corrected chi connectivity index (χ4v) is 4.11. The zero-order chi connectivity index (χ0) is 19.1. The minimum atomic E-state index is -0.246. The smallest absolute Gasteiger partial charge is 0.410 e. The Balaban J connectivity index is 1.37. The molecule has 3 rings (SSSR count). The summed E-state index contributed by atoms with van der Waals surface area (Å²) in [4.78, 5) is 14.1.